The number of halogens is 1. The molecular formula is C19H23ClN2O6S. The highest BCUT2D eigenvalue weighted by atomic mass is 35.5. The van der Waals surface area contributed by atoms with Crippen molar-refractivity contribution in [2.24, 2.45) is 0 Å². The molecule has 1 aliphatic rings. The van der Waals surface area contributed by atoms with Crippen molar-refractivity contribution in [2.75, 3.05) is 31.3 Å². The largest absolute Gasteiger partial charge is 0.489 e. The van der Waals surface area contributed by atoms with Crippen LogP contribution >= 0.6 is 11.6 Å². The summed E-state index contributed by atoms with van der Waals surface area (Å²) in [5.41, 5.74) is 1.85. The molecule has 10 heteroatoms. The highest BCUT2D eigenvalue weighted by Gasteiger charge is 2.31. The summed E-state index contributed by atoms with van der Waals surface area (Å²) in [7, 11) is -1.83. The highest BCUT2D eigenvalue weighted by Crippen LogP contribution is 2.24. The van der Waals surface area contributed by atoms with Gasteiger partial charge in [0, 0.05) is 17.3 Å². The molecule has 8 nitrogen and oxygen atoms in total. The average molecular weight is 443 g/mol. The molecule has 2 aromatic rings. The van der Waals surface area contributed by atoms with Crippen molar-refractivity contribution in [1.29, 1.82) is 0 Å². The molecule has 2 N–H and O–H groups in total. The smallest absolute Gasteiger partial charge is 0.414 e. The molecule has 29 heavy (non-hydrogen) atoms. The van der Waals surface area contributed by atoms with Crippen molar-refractivity contribution in [3.05, 3.63) is 59.1 Å². The molecule has 0 bridgehead atoms. The summed E-state index contributed by atoms with van der Waals surface area (Å²) in [6.07, 6.45) is 0.279. The summed E-state index contributed by atoms with van der Waals surface area (Å²) in [6.45, 7) is 1.65. The van der Waals surface area contributed by atoms with E-state index in [1.165, 1.54) is 0 Å². The van der Waals surface area contributed by atoms with Crippen LogP contribution in [0.15, 0.2) is 48.5 Å². The minimum Gasteiger partial charge on any atom is -0.489 e. The van der Waals surface area contributed by atoms with Gasteiger partial charge in [0.15, 0.2) is 0 Å². The second-order valence-corrected chi connectivity index (χ2v) is 8.22. The normalized spacial score (nSPS) is 16.1. The molecule has 1 atom stereocenters. The van der Waals surface area contributed by atoms with E-state index in [1.807, 2.05) is 55.6 Å². The SMILES string of the molecule is CNCC1CN(c2ccc(OCc3ccc(Cl)cc3)cc2)C(=O)O1.CS(=O)(=O)O. The Morgan fingerprint density at radius 1 is 1.21 bits per heavy atom. The summed E-state index contributed by atoms with van der Waals surface area (Å²) in [5.74, 6) is 0.744. The molecule has 0 saturated carbocycles. The van der Waals surface area contributed by atoms with Crippen molar-refractivity contribution < 1.29 is 27.2 Å². The number of amides is 1. The Morgan fingerprint density at radius 3 is 2.34 bits per heavy atom. The van der Waals surface area contributed by atoms with Crippen LogP contribution in [0.1, 0.15) is 5.56 Å². The van der Waals surface area contributed by atoms with Crippen molar-refractivity contribution in [3.8, 4) is 5.75 Å². The standard InChI is InChI=1S/C18H19ClN2O3.CH4O3S/c1-20-10-17-11-21(18(22)24-17)15-6-8-16(9-7-15)23-12-13-2-4-14(19)5-3-13;1-5(2,3)4/h2-9,17,20H,10-12H2,1H3;1H3,(H,2,3,4). The van der Waals surface area contributed by atoms with Gasteiger partial charge >= 0.3 is 6.09 Å². The Labute approximate surface area is 175 Å². The topological polar surface area (TPSA) is 105 Å². The van der Waals surface area contributed by atoms with Gasteiger partial charge in [-0.2, -0.15) is 8.42 Å². The zero-order valence-electron chi connectivity index (χ0n) is 16.0. The number of hydrogen-bond acceptors (Lipinski definition) is 6. The van der Waals surface area contributed by atoms with Crippen molar-refractivity contribution in [1.82, 2.24) is 5.32 Å². The Hall–Kier alpha value is -2.33. The van der Waals surface area contributed by atoms with E-state index in [4.69, 9.17) is 25.6 Å². The van der Waals surface area contributed by atoms with Crippen molar-refractivity contribution >= 4 is 33.5 Å². The van der Waals surface area contributed by atoms with Crippen LogP contribution in [-0.2, 0) is 21.5 Å². The minimum atomic E-state index is -3.67. The van der Waals surface area contributed by atoms with Gasteiger partial charge in [-0.05, 0) is 49.0 Å². The Kier molecular flexibility index (Phi) is 8.27. The molecule has 1 unspecified atom stereocenters. The minimum absolute atomic E-state index is 0.122. The lowest BCUT2D eigenvalue weighted by atomic mass is 10.2. The maximum Gasteiger partial charge on any atom is 0.414 e. The molecule has 0 aliphatic carbocycles. The van der Waals surface area contributed by atoms with Crippen molar-refractivity contribution in [3.63, 3.8) is 0 Å². The van der Waals surface area contributed by atoms with Gasteiger partial charge in [0.1, 0.15) is 18.5 Å². The van der Waals surface area contributed by atoms with Crippen LogP contribution in [0.5, 0.6) is 5.75 Å². The molecule has 1 heterocycles. The maximum absolute atomic E-state index is 11.9. The molecule has 1 fully saturated rings. The quantitative estimate of drug-likeness (QED) is 0.662. The van der Waals surface area contributed by atoms with E-state index < -0.39 is 10.1 Å². The van der Waals surface area contributed by atoms with Gasteiger partial charge in [-0.1, -0.05) is 23.7 Å². The predicted octanol–water partition coefficient (Wildman–Crippen LogP) is 2.97. The third-order valence-corrected chi connectivity index (χ3v) is 4.03. The second-order valence-electron chi connectivity index (χ2n) is 6.32. The molecule has 1 saturated heterocycles. The number of cyclic esters (lactones) is 1. The number of rotatable bonds is 6. The van der Waals surface area contributed by atoms with Gasteiger partial charge in [-0.3, -0.25) is 9.45 Å². The van der Waals surface area contributed by atoms with Crippen LogP contribution < -0.4 is 15.0 Å². The zero-order chi connectivity index (χ0) is 21.4. The lowest BCUT2D eigenvalue weighted by Gasteiger charge is -2.14. The van der Waals surface area contributed by atoms with Gasteiger partial charge in [0.2, 0.25) is 0 Å². The number of carbonyl (C=O) groups excluding carboxylic acids is 1. The van der Waals surface area contributed by atoms with E-state index in [0.717, 1.165) is 17.0 Å². The monoisotopic (exact) mass is 442 g/mol. The second kappa shape index (κ2) is 10.4. The Morgan fingerprint density at radius 2 is 1.79 bits per heavy atom. The van der Waals surface area contributed by atoms with Crippen LogP contribution in [0.4, 0.5) is 10.5 Å². The molecule has 1 aliphatic heterocycles. The highest BCUT2D eigenvalue weighted by molar-refractivity contribution is 7.85. The fourth-order valence-electron chi connectivity index (χ4n) is 2.54. The van der Waals surface area contributed by atoms with Crippen LogP contribution in [0, 0.1) is 0 Å². The Bertz CT molecular complexity index is 895. The first-order valence-corrected chi connectivity index (χ1v) is 10.9. The molecular weight excluding hydrogens is 420 g/mol. The zero-order valence-corrected chi connectivity index (χ0v) is 17.6. The molecule has 2 aromatic carbocycles. The van der Waals surface area contributed by atoms with E-state index in [2.05, 4.69) is 5.32 Å². The first kappa shape index (κ1) is 23.0. The van der Waals surface area contributed by atoms with Gasteiger partial charge in [-0.15, -0.1) is 0 Å². The lowest BCUT2D eigenvalue weighted by Crippen LogP contribution is -2.28. The molecule has 3 rings (SSSR count). The molecule has 0 spiro atoms. The van der Waals surface area contributed by atoms with E-state index >= 15 is 0 Å². The number of nitrogens with zero attached hydrogens (tertiary/aromatic N) is 1. The van der Waals surface area contributed by atoms with E-state index in [-0.39, 0.29) is 12.2 Å². The van der Waals surface area contributed by atoms with Gasteiger partial charge in [-0.25, -0.2) is 4.79 Å². The van der Waals surface area contributed by atoms with Gasteiger partial charge in [0.05, 0.1) is 12.8 Å². The molecule has 158 valence electrons. The summed E-state index contributed by atoms with van der Waals surface area (Å²) in [5, 5.41) is 3.72. The number of hydrogen-bond donors (Lipinski definition) is 2. The third-order valence-electron chi connectivity index (χ3n) is 3.77. The first-order chi connectivity index (χ1) is 13.7. The van der Waals surface area contributed by atoms with Crippen LogP contribution in [0.25, 0.3) is 0 Å². The van der Waals surface area contributed by atoms with Crippen molar-refractivity contribution in [2.45, 2.75) is 12.7 Å². The summed E-state index contributed by atoms with van der Waals surface area (Å²) < 4.78 is 36.9. The number of carbonyl (C=O) groups is 1. The van der Waals surface area contributed by atoms with E-state index in [1.54, 1.807) is 4.90 Å². The molecule has 0 aromatic heterocycles. The Balaban J connectivity index is 0.000000537. The van der Waals surface area contributed by atoms with E-state index in [0.29, 0.717) is 31.0 Å². The van der Waals surface area contributed by atoms with Crippen LogP contribution in [0.3, 0.4) is 0 Å². The maximum atomic E-state index is 11.9. The predicted molar refractivity (Wildman–Crippen MR) is 111 cm³/mol. The number of nitrogens with one attached hydrogen (secondary N) is 1. The summed E-state index contributed by atoms with van der Waals surface area (Å²) >= 11 is 5.86. The van der Waals surface area contributed by atoms with E-state index in [9.17, 15) is 13.2 Å². The fraction of sp³-hybridized carbons (Fsp3) is 0.316. The average Bonchev–Trinajstić information content (AvgIpc) is 3.01. The fourth-order valence-corrected chi connectivity index (χ4v) is 2.66. The lowest BCUT2D eigenvalue weighted by molar-refractivity contribution is 0.141. The summed E-state index contributed by atoms with van der Waals surface area (Å²) in [4.78, 5) is 13.5. The number of benzene rings is 2. The summed E-state index contributed by atoms with van der Waals surface area (Å²) in [6, 6.07) is 15.0. The third kappa shape index (κ3) is 8.28. The number of anilines is 1. The van der Waals surface area contributed by atoms with Crippen LogP contribution in [0.2, 0.25) is 5.02 Å². The molecule has 1 amide bonds. The molecule has 0 radical (unpaired) electrons. The first-order valence-electron chi connectivity index (χ1n) is 8.68. The number of likely N-dealkylation sites (N-methyl/N-ethyl adjacent to an activating group) is 1. The van der Waals surface area contributed by atoms with Gasteiger partial charge in [0.25, 0.3) is 10.1 Å². The van der Waals surface area contributed by atoms with Gasteiger partial charge < -0.3 is 14.8 Å². The van der Waals surface area contributed by atoms with Crippen LogP contribution in [-0.4, -0.2) is 51.6 Å². The number of ether oxygens (including phenoxy) is 2.